The SMILES string of the molecule is OC1(Cc2ccc(C(F)(F)F)nc2)CCNC1. The summed E-state index contributed by atoms with van der Waals surface area (Å²) in [7, 11) is 0. The minimum atomic E-state index is -4.41. The van der Waals surface area contributed by atoms with Gasteiger partial charge in [-0.1, -0.05) is 6.07 Å². The third kappa shape index (κ3) is 2.95. The standard InChI is InChI=1S/C11H13F3N2O/c12-11(13,14)9-2-1-8(6-16-9)5-10(17)3-4-15-7-10/h1-2,6,15,17H,3-5,7H2. The Hall–Kier alpha value is -1.14. The highest BCUT2D eigenvalue weighted by molar-refractivity contribution is 5.18. The van der Waals surface area contributed by atoms with Gasteiger partial charge in [-0.25, -0.2) is 0 Å². The number of hydrogen-bond acceptors (Lipinski definition) is 3. The highest BCUT2D eigenvalue weighted by Crippen LogP contribution is 2.28. The monoisotopic (exact) mass is 246 g/mol. The second-order valence-corrected chi connectivity index (χ2v) is 4.38. The summed E-state index contributed by atoms with van der Waals surface area (Å²) in [6.07, 6.45) is -2.30. The predicted molar refractivity (Wildman–Crippen MR) is 55.4 cm³/mol. The summed E-state index contributed by atoms with van der Waals surface area (Å²) >= 11 is 0. The molecule has 1 atom stereocenters. The molecule has 0 bridgehead atoms. The molecule has 0 aliphatic carbocycles. The van der Waals surface area contributed by atoms with Gasteiger partial charge in [0.15, 0.2) is 0 Å². The molecule has 1 aromatic heterocycles. The first-order valence-electron chi connectivity index (χ1n) is 5.34. The maximum absolute atomic E-state index is 12.3. The third-order valence-electron chi connectivity index (χ3n) is 2.87. The van der Waals surface area contributed by atoms with Crippen molar-refractivity contribution in [2.75, 3.05) is 13.1 Å². The van der Waals surface area contributed by atoms with Crippen molar-refractivity contribution in [3.05, 3.63) is 29.6 Å². The number of nitrogens with zero attached hydrogens (tertiary/aromatic N) is 1. The molecule has 3 nitrogen and oxygen atoms in total. The molecule has 1 fully saturated rings. The van der Waals surface area contributed by atoms with E-state index in [1.54, 1.807) is 0 Å². The van der Waals surface area contributed by atoms with Crippen LogP contribution in [0.25, 0.3) is 0 Å². The Morgan fingerprint density at radius 1 is 1.41 bits per heavy atom. The van der Waals surface area contributed by atoms with Crippen molar-refractivity contribution in [2.24, 2.45) is 0 Å². The first-order chi connectivity index (χ1) is 7.89. The van der Waals surface area contributed by atoms with E-state index in [1.807, 2.05) is 0 Å². The first kappa shape index (κ1) is 12.3. The Balaban J connectivity index is 2.08. The van der Waals surface area contributed by atoms with Crippen LogP contribution in [0.1, 0.15) is 17.7 Å². The zero-order chi connectivity index (χ0) is 12.5. The van der Waals surface area contributed by atoms with Crippen molar-refractivity contribution in [3.8, 4) is 0 Å². The van der Waals surface area contributed by atoms with E-state index >= 15 is 0 Å². The van der Waals surface area contributed by atoms with Crippen LogP contribution in [0.4, 0.5) is 13.2 Å². The van der Waals surface area contributed by atoms with Crippen LogP contribution < -0.4 is 5.32 Å². The largest absolute Gasteiger partial charge is 0.433 e. The number of halogens is 3. The smallest absolute Gasteiger partial charge is 0.388 e. The number of rotatable bonds is 2. The number of nitrogens with one attached hydrogen (secondary N) is 1. The molecule has 0 radical (unpaired) electrons. The van der Waals surface area contributed by atoms with Crippen molar-refractivity contribution < 1.29 is 18.3 Å². The van der Waals surface area contributed by atoms with Gasteiger partial charge in [0.05, 0.1) is 5.60 Å². The highest BCUT2D eigenvalue weighted by Gasteiger charge is 2.33. The molecule has 6 heteroatoms. The van der Waals surface area contributed by atoms with Crippen LogP contribution in [0, 0.1) is 0 Å². The topological polar surface area (TPSA) is 45.2 Å². The molecule has 2 N–H and O–H groups in total. The van der Waals surface area contributed by atoms with E-state index in [4.69, 9.17) is 0 Å². The predicted octanol–water partition coefficient (Wildman–Crippen LogP) is 1.37. The Morgan fingerprint density at radius 3 is 2.65 bits per heavy atom. The molecule has 1 aromatic rings. The van der Waals surface area contributed by atoms with E-state index in [0.717, 1.165) is 12.6 Å². The van der Waals surface area contributed by atoms with Gasteiger partial charge in [0.2, 0.25) is 0 Å². The lowest BCUT2D eigenvalue weighted by atomic mass is 9.94. The van der Waals surface area contributed by atoms with Gasteiger partial charge in [-0.15, -0.1) is 0 Å². The second-order valence-electron chi connectivity index (χ2n) is 4.38. The fraction of sp³-hybridized carbons (Fsp3) is 0.545. The zero-order valence-electron chi connectivity index (χ0n) is 9.09. The molecular weight excluding hydrogens is 233 g/mol. The van der Waals surface area contributed by atoms with Crippen molar-refractivity contribution in [1.29, 1.82) is 0 Å². The number of pyridine rings is 1. The van der Waals surface area contributed by atoms with Crippen LogP contribution >= 0.6 is 0 Å². The summed E-state index contributed by atoms with van der Waals surface area (Å²) in [4.78, 5) is 3.37. The summed E-state index contributed by atoms with van der Waals surface area (Å²) in [5, 5.41) is 13.1. The van der Waals surface area contributed by atoms with E-state index in [0.29, 0.717) is 24.9 Å². The molecule has 1 aliphatic rings. The van der Waals surface area contributed by atoms with Crippen molar-refractivity contribution in [3.63, 3.8) is 0 Å². The molecule has 1 unspecified atom stereocenters. The molecule has 2 rings (SSSR count). The number of hydrogen-bond donors (Lipinski definition) is 2. The van der Waals surface area contributed by atoms with Gasteiger partial charge in [-0.2, -0.15) is 13.2 Å². The minimum Gasteiger partial charge on any atom is -0.388 e. The Labute approximate surface area is 96.7 Å². The molecule has 94 valence electrons. The second kappa shape index (κ2) is 4.27. The summed E-state index contributed by atoms with van der Waals surface area (Å²) in [6, 6.07) is 2.31. The van der Waals surface area contributed by atoms with Crippen LogP contribution in [0.2, 0.25) is 0 Å². The summed E-state index contributed by atoms with van der Waals surface area (Å²) < 4.78 is 36.8. The lowest BCUT2D eigenvalue weighted by Crippen LogP contribution is -2.33. The lowest BCUT2D eigenvalue weighted by Gasteiger charge is -2.21. The molecular formula is C11H13F3N2O. The maximum atomic E-state index is 12.3. The van der Waals surface area contributed by atoms with E-state index in [1.165, 1.54) is 12.3 Å². The summed E-state index contributed by atoms with van der Waals surface area (Å²) in [6.45, 7) is 1.19. The van der Waals surface area contributed by atoms with Crippen LogP contribution in [0.15, 0.2) is 18.3 Å². The Morgan fingerprint density at radius 2 is 2.18 bits per heavy atom. The number of alkyl halides is 3. The number of aromatic nitrogens is 1. The van der Waals surface area contributed by atoms with E-state index in [9.17, 15) is 18.3 Å². The number of aliphatic hydroxyl groups is 1. The molecule has 0 saturated carbocycles. The molecule has 0 aromatic carbocycles. The fourth-order valence-corrected chi connectivity index (χ4v) is 1.96. The van der Waals surface area contributed by atoms with Crippen LogP contribution in [-0.2, 0) is 12.6 Å². The van der Waals surface area contributed by atoms with Gasteiger partial charge < -0.3 is 10.4 Å². The van der Waals surface area contributed by atoms with Gasteiger partial charge in [0, 0.05) is 19.2 Å². The highest BCUT2D eigenvalue weighted by atomic mass is 19.4. The third-order valence-corrected chi connectivity index (χ3v) is 2.87. The van der Waals surface area contributed by atoms with Crippen LogP contribution in [0.5, 0.6) is 0 Å². The lowest BCUT2D eigenvalue weighted by molar-refractivity contribution is -0.141. The normalized spacial score (nSPS) is 25.2. The van der Waals surface area contributed by atoms with Crippen molar-refractivity contribution in [1.82, 2.24) is 10.3 Å². The molecule has 0 spiro atoms. The number of β-amino-alcohol motifs (C(OH)–C–C–N with tert-alkyl or cyclic N) is 1. The van der Waals surface area contributed by atoms with Crippen molar-refractivity contribution >= 4 is 0 Å². The van der Waals surface area contributed by atoms with E-state index in [2.05, 4.69) is 10.3 Å². The average Bonchev–Trinajstić information content (AvgIpc) is 2.64. The van der Waals surface area contributed by atoms with Gasteiger partial charge in [-0.05, 0) is 24.6 Å². The molecule has 17 heavy (non-hydrogen) atoms. The minimum absolute atomic E-state index is 0.325. The molecule has 2 heterocycles. The van der Waals surface area contributed by atoms with Gasteiger partial charge >= 0.3 is 6.18 Å². The summed E-state index contributed by atoms with van der Waals surface area (Å²) in [5.41, 5.74) is -1.15. The molecule has 1 aliphatic heterocycles. The molecule has 1 saturated heterocycles. The molecule has 0 amide bonds. The zero-order valence-corrected chi connectivity index (χ0v) is 9.09. The van der Waals surface area contributed by atoms with E-state index in [-0.39, 0.29) is 0 Å². The first-order valence-corrected chi connectivity index (χ1v) is 5.34. The average molecular weight is 246 g/mol. The summed E-state index contributed by atoms with van der Waals surface area (Å²) in [5.74, 6) is 0. The Bertz CT molecular complexity index is 383. The van der Waals surface area contributed by atoms with Crippen LogP contribution in [-0.4, -0.2) is 28.8 Å². The Kier molecular flexibility index (Phi) is 3.09. The van der Waals surface area contributed by atoms with Crippen LogP contribution in [0.3, 0.4) is 0 Å². The fourth-order valence-electron chi connectivity index (χ4n) is 1.96. The quantitative estimate of drug-likeness (QED) is 0.828. The van der Waals surface area contributed by atoms with E-state index < -0.39 is 17.5 Å². The van der Waals surface area contributed by atoms with Crippen molar-refractivity contribution in [2.45, 2.75) is 24.6 Å². The van der Waals surface area contributed by atoms with Gasteiger partial charge in [0.25, 0.3) is 0 Å². The van der Waals surface area contributed by atoms with Gasteiger partial charge in [0.1, 0.15) is 5.69 Å². The maximum Gasteiger partial charge on any atom is 0.433 e. The van der Waals surface area contributed by atoms with Gasteiger partial charge in [-0.3, -0.25) is 4.98 Å².